The van der Waals surface area contributed by atoms with E-state index in [-0.39, 0.29) is 11.9 Å². The summed E-state index contributed by atoms with van der Waals surface area (Å²) in [5, 5.41) is 5.83. The number of esters is 1. The highest BCUT2D eigenvalue weighted by molar-refractivity contribution is 5.91. The quantitative estimate of drug-likeness (QED) is 0.795. The number of carbonyl (C=O) groups excluding carboxylic acids is 2. The zero-order valence-corrected chi connectivity index (χ0v) is 11.7. The summed E-state index contributed by atoms with van der Waals surface area (Å²) in [6.45, 7) is 6.14. The molecule has 1 amide bonds. The second-order valence-corrected chi connectivity index (χ2v) is 4.28. The van der Waals surface area contributed by atoms with E-state index in [9.17, 15) is 9.59 Å². The van der Waals surface area contributed by atoms with Gasteiger partial charge in [0.15, 0.2) is 0 Å². The van der Waals surface area contributed by atoms with Gasteiger partial charge in [-0.3, -0.25) is 4.79 Å². The molecule has 0 aliphatic rings. The molecule has 1 rings (SSSR count). The molecule has 0 heterocycles. The van der Waals surface area contributed by atoms with Crippen LogP contribution in [0.25, 0.3) is 0 Å². The van der Waals surface area contributed by atoms with Gasteiger partial charge in [-0.1, -0.05) is 6.07 Å². The first-order valence-corrected chi connectivity index (χ1v) is 6.22. The molecule has 2 N–H and O–H groups in total. The van der Waals surface area contributed by atoms with E-state index < -0.39 is 5.97 Å². The number of hydrogen-bond donors (Lipinski definition) is 2. The summed E-state index contributed by atoms with van der Waals surface area (Å²) in [5.74, 6) is -0.473. The molecule has 0 saturated heterocycles. The lowest BCUT2D eigenvalue weighted by Crippen LogP contribution is -2.37. The van der Waals surface area contributed by atoms with Crippen LogP contribution in [0.3, 0.4) is 0 Å². The van der Waals surface area contributed by atoms with Gasteiger partial charge in [0.2, 0.25) is 5.91 Å². The van der Waals surface area contributed by atoms with Crippen LogP contribution in [-0.2, 0) is 9.53 Å². The number of benzene rings is 1. The van der Waals surface area contributed by atoms with E-state index in [0.717, 1.165) is 11.3 Å². The van der Waals surface area contributed by atoms with Gasteiger partial charge in [-0.15, -0.1) is 0 Å². The molecule has 0 saturated carbocycles. The third-order valence-corrected chi connectivity index (χ3v) is 2.77. The minimum Gasteiger partial charge on any atom is -0.465 e. The van der Waals surface area contributed by atoms with Gasteiger partial charge in [-0.25, -0.2) is 4.79 Å². The van der Waals surface area contributed by atoms with Crippen molar-refractivity contribution in [1.29, 1.82) is 0 Å². The van der Waals surface area contributed by atoms with Crippen LogP contribution in [0.4, 0.5) is 5.69 Å². The van der Waals surface area contributed by atoms with Crippen LogP contribution in [0.1, 0.15) is 29.8 Å². The summed E-state index contributed by atoms with van der Waals surface area (Å²) in [6.07, 6.45) is 0. The monoisotopic (exact) mass is 264 g/mol. The smallest absolute Gasteiger partial charge is 0.337 e. The van der Waals surface area contributed by atoms with Crippen molar-refractivity contribution < 1.29 is 14.3 Å². The molecule has 1 aromatic rings. The normalized spacial score (nSPS) is 11.6. The van der Waals surface area contributed by atoms with E-state index in [4.69, 9.17) is 0 Å². The van der Waals surface area contributed by atoms with Crippen LogP contribution in [0.5, 0.6) is 0 Å². The molecule has 5 heteroatoms. The van der Waals surface area contributed by atoms with Crippen molar-refractivity contribution in [2.75, 3.05) is 19.0 Å². The van der Waals surface area contributed by atoms with Gasteiger partial charge in [-0.2, -0.15) is 0 Å². The van der Waals surface area contributed by atoms with Gasteiger partial charge >= 0.3 is 5.97 Å². The molecular weight excluding hydrogens is 244 g/mol. The second kappa shape index (κ2) is 6.78. The van der Waals surface area contributed by atoms with E-state index in [1.807, 2.05) is 19.9 Å². The molecule has 1 aromatic carbocycles. The summed E-state index contributed by atoms with van der Waals surface area (Å²) in [5.41, 5.74) is 2.17. The van der Waals surface area contributed by atoms with Crippen LogP contribution in [0.2, 0.25) is 0 Å². The fourth-order valence-corrected chi connectivity index (χ4v) is 1.65. The van der Waals surface area contributed by atoms with Gasteiger partial charge in [0, 0.05) is 12.2 Å². The molecule has 0 unspecified atom stereocenters. The predicted octanol–water partition coefficient (Wildman–Crippen LogP) is 1.72. The summed E-state index contributed by atoms with van der Waals surface area (Å²) in [6, 6.07) is 4.84. The predicted molar refractivity (Wildman–Crippen MR) is 74.3 cm³/mol. The number of rotatable bonds is 5. The Morgan fingerprint density at radius 3 is 2.63 bits per heavy atom. The average molecular weight is 264 g/mol. The Kier molecular flexibility index (Phi) is 5.36. The van der Waals surface area contributed by atoms with Gasteiger partial charge in [-0.05, 0) is 38.5 Å². The number of aryl methyl sites for hydroxylation is 1. The van der Waals surface area contributed by atoms with Crippen LogP contribution < -0.4 is 10.6 Å². The lowest BCUT2D eigenvalue weighted by atomic mass is 10.1. The maximum Gasteiger partial charge on any atom is 0.337 e. The fraction of sp³-hybridized carbons (Fsp3) is 0.429. The lowest BCUT2D eigenvalue weighted by molar-refractivity contribution is -0.121. The highest BCUT2D eigenvalue weighted by Gasteiger charge is 2.14. The fourth-order valence-electron chi connectivity index (χ4n) is 1.65. The number of ether oxygens (including phenoxy) is 1. The van der Waals surface area contributed by atoms with Gasteiger partial charge in [0.1, 0.15) is 6.04 Å². The second-order valence-electron chi connectivity index (χ2n) is 4.28. The molecule has 0 spiro atoms. The summed E-state index contributed by atoms with van der Waals surface area (Å²) in [4.78, 5) is 23.1. The number of methoxy groups -OCH3 is 1. The Labute approximate surface area is 113 Å². The molecule has 104 valence electrons. The topological polar surface area (TPSA) is 67.4 Å². The molecule has 19 heavy (non-hydrogen) atoms. The summed E-state index contributed by atoms with van der Waals surface area (Å²) >= 11 is 0. The first kappa shape index (κ1) is 15.0. The summed E-state index contributed by atoms with van der Waals surface area (Å²) < 4.78 is 4.68. The van der Waals surface area contributed by atoms with Crippen molar-refractivity contribution in [2.45, 2.75) is 26.8 Å². The van der Waals surface area contributed by atoms with Crippen LogP contribution in [0, 0.1) is 6.92 Å². The number of carbonyl (C=O) groups is 2. The maximum atomic E-state index is 11.7. The highest BCUT2D eigenvalue weighted by atomic mass is 16.5. The van der Waals surface area contributed by atoms with Crippen molar-refractivity contribution in [1.82, 2.24) is 5.32 Å². The Morgan fingerprint density at radius 1 is 1.37 bits per heavy atom. The SMILES string of the molecule is CCNC(=O)[C@H](C)Nc1cc(C(=O)OC)ccc1C. The van der Waals surface area contributed by atoms with Crippen LogP contribution in [0.15, 0.2) is 18.2 Å². The van der Waals surface area contributed by atoms with Crippen molar-refractivity contribution in [3.05, 3.63) is 29.3 Å². The van der Waals surface area contributed by atoms with E-state index in [1.54, 1.807) is 19.1 Å². The molecule has 0 aromatic heterocycles. The van der Waals surface area contributed by atoms with E-state index in [1.165, 1.54) is 7.11 Å². The Morgan fingerprint density at radius 2 is 2.05 bits per heavy atom. The zero-order chi connectivity index (χ0) is 14.4. The highest BCUT2D eigenvalue weighted by Crippen LogP contribution is 2.18. The molecule has 0 aliphatic carbocycles. The largest absolute Gasteiger partial charge is 0.465 e. The number of likely N-dealkylation sites (N-methyl/N-ethyl adjacent to an activating group) is 1. The molecular formula is C14H20N2O3. The molecule has 1 atom stereocenters. The molecule has 0 radical (unpaired) electrons. The average Bonchev–Trinajstić information content (AvgIpc) is 2.40. The Bertz CT molecular complexity index is 472. The van der Waals surface area contributed by atoms with Crippen LogP contribution >= 0.6 is 0 Å². The van der Waals surface area contributed by atoms with E-state index in [2.05, 4.69) is 15.4 Å². The van der Waals surface area contributed by atoms with Gasteiger partial charge in [0.25, 0.3) is 0 Å². The third kappa shape index (κ3) is 3.98. The first-order valence-electron chi connectivity index (χ1n) is 6.22. The summed E-state index contributed by atoms with van der Waals surface area (Å²) in [7, 11) is 1.34. The molecule has 5 nitrogen and oxygen atoms in total. The third-order valence-electron chi connectivity index (χ3n) is 2.77. The lowest BCUT2D eigenvalue weighted by Gasteiger charge is -2.17. The minimum absolute atomic E-state index is 0.0784. The molecule has 0 fully saturated rings. The Balaban J connectivity index is 2.88. The van der Waals surface area contributed by atoms with E-state index in [0.29, 0.717) is 12.1 Å². The number of amides is 1. The van der Waals surface area contributed by atoms with Crippen LogP contribution in [-0.4, -0.2) is 31.6 Å². The molecule has 0 aliphatic heterocycles. The van der Waals surface area contributed by atoms with Gasteiger partial charge in [0.05, 0.1) is 12.7 Å². The van der Waals surface area contributed by atoms with Crippen molar-refractivity contribution in [3.63, 3.8) is 0 Å². The minimum atomic E-state index is -0.395. The van der Waals surface area contributed by atoms with E-state index >= 15 is 0 Å². The zero-order valence-electron chi connectivity index (χ0n) is 11.7. The standard InChI is InChI=1S/C14H20N2O3/c1-5-15-13(17)10(3)16-12-8-11(14(18)19-4)7-6-9(12)2/h6-8,10,16H,5H2,1-4H3,(H,15,17)/t10-/m0/s1. The van der Waals surface area contributed by atoms with Crippen molar-refractivity contribution in [3.8, 4) is 0 Å². The van der Waals surface area contributed by atoms with Crippen molar-refractivity contribution >= 4 is 17.6 Å². The number of hydrogen-bond acceptors (Lipinski definition) is 4. The first-order chi connectivity index (χ1) is 8.99. The molecule has 0 bridgehead atoms. The maximum absolute atomic E-state index is 11.7. The number of nitrogens with one attached hydrogen (secondary N) is 2. The Hall–Kier alpha value is -2.04. The number of anilines is 1. The van der Waals surface area contributed by atoms with Gasteiger partial charge < -0.3 is 15.4 Å². The van der Waals surface area contributed by atoms with Crippen molar-refractivity contribution in [2.24, 2.45) is 0 Å².